The monoisotopic (exact) mass is 857 g/mol. The Morgan fingerprint density at radius 3 is 1.02 bits per heavy atom. The summed E-state index contributed by atoms with van der Waals surface area (Å²) in [6, 6.07) is 14.9. The van der Waals surface area contributed by atoms with Crippen molar-refractivity contribution in [3.63, 3.8) is 0 Å². The van der Waals surface area contributed by atoms with Gasteiger partial charge in [-0.15, -0.1) is 0 Å². The molecule has 64 heavy (non-hydrogen) atoms. The Morgan fingerprint density at radius 1 is 0.344 bits per heavy atom. The number of rotatable bonds is 26. The van der Waals surface area contributed by atoms with Gasteiger partial charge in [-0.2, -0.15) is 0 Å². The molecule has 5 aliphatic rings. The summed E-state index contributed by atoms with van der Waals surface area (Å²) in [5.74, 6) is 0.424. The highest BCUT2D eigenvalue weighted by Gasteiger charge is 2.27. The number of fused-ring (bicyclic) bond motifs is 4. The van der Waals surface area contributed by atoms with E-state index < -0.39 is 0 Å². The Labute approximate surface area is 384 Å². The molecule has 336 valence electrons. The molecular formula is C58H72N4O2. The molecule has 5 aliphatic heterocycles. The van der Waals surface area contributed by atoms with Gasteiger partial charge in [0.2, 0.25) is 0 Å². The van der Waals surface area contributed by atoms with Crippen LogP contribution in [0, 0.1) is 0 Å². The van der Waals surface area contributed by atoms with E-state index in [1.807, 2.05) is 36.4 Å². The molecule has 2 aromatic rings. The summed E-state index contributed by atoms with van der Waals surface area (Å²) in [6.07, 6.45) is 47.0. The molecule has 0 radical (unpaired) electrons. The van der Waals surface area contributed by atoms with E-state index in [9.17, 15) is 10.2 Å². The predicted molar refractivity (Wildman–Crippen MR) is 273 cm³/mol. The molecule has 0 saturated carbocycles. The Morgan fingerprint density at radius 2 is 0.656 bits per heavy atom. The van der Waals surface area contributed by atoms with Crippen molar-refractivity contribution in [2.75, 3.05) is 0 Å². The third-order valence-corrected chi connectivity index (χ3v) is 13.2. The Balaban J connectivity index is 1.21. The van der Waals surface area contributed by atoms with Crippen LogP contribution in [-0.2, 0) is 0 Å². The molecule has 0 atom stereocenters. The molecule has 0 amide bonds. The Hall–Kier alpha value is -5.36. The van der Waals surface area contributed by atoms with E-state index >= 15 is 0 Å². The van der Waals surface area contributed by atoms with Crippen molar-refractivity contribution in [3.05, 3.63) is 142 Å². The highest BCUT2D eigenvalue weighted by molar-refractivity contribution is 6.34. The van der Waals surface area contributed by atoms with Crippen LogP contribution in [0.5, 0.6) is 11.5 Å². The maximum atomic E-state index is 10.7. The standard InChI is InChI=1S/C58H72N4O2/c1-3-5-7-9-11-13-15-17-19-21-23-31-47-49-33-37-53(59-49)57(43-27-25-29-45(63)41-43)55-39-35-51(61-55)48(32-24-22-20-18-16-14-12-10-8-6-4-2)52-36-40-56(62-52)58(54-38-34-50(47)60-54)44-28-26-30-46(64)42-44/h25-30,33-42,63-64H,3-24,31-32H2,1-2H3. The van der Waals surface area contributed by atoms with Crippen molar-refractivity contribution in [3.8, 4) is 11.5 Å². The molecule has 6 heteroatoms. The fourth-order valence-corrected chi connectivity index (χ4v) is 9.56. The molecule has 0 aromatic heterocycles. The van der Waals surface area contributed by atoms with Crippen molar-refractivity contribution < 1.29 is 10.2 Å². The van der Waals surface area contributed by atoms with Crippen molar-refractivity contribution >= 4 is 34.0 Å². The number of nitrogens with zero attached hydrogens (tertiary/aromatic N) is 4. The molecule has 0 spiro atoms. The van der Waals surface area contributed by atoms with E-state index in [1.54, 1.807) is 12.1 Å². The molecule has 2 aromatic carbocycles. The summed E-state index contributed by atoms with van der Waals surface area (Å²) in [5, 5.41) is 21.4. The first-order valence-electron chi connectivity index (χ1n) is 25.1. The van der Waals surface area contributed by atoms with Gasteiger partial charge in [0.15, 0.2) is 0 Å². The van der Waals surface area contributed by atoms with Gasteiger partial charge in [-0.25, -0.2) is 20.0 Å². The minimum absolute atomic E-state index is 0.212. The maximum Gasteiger partial charge on any atom is 0.116 e. The van der Waals surface area contributed by atoms with Crippen LogP contribution in [0.2, 0.25) is 0 Å². The average Bonchev–Trinajstić information content (AvgIpc) is 4.15. The van der Waals surface area contributed by atoms with Gasteiger partial charge in [0.25, 0.3) is 0 Å². The van der Waals surface area contributed by atoms with E-state index in [0.717, 1.165) is 105 Å². The van der Waals surface area contributed by atoms with Crippen molar-refractivity contribution in [1.82, 2.24) is 0 Å². The quantitative estimate of drug-likeness (QED) is 0.0923. The number of phenols is 2. The minimum Gasteiger partial charge on any atom is -0.508 e. The number of benzene rings is 2. The van der Waals surface area contributed by atoms with E-state index in [2.05, 4.69) is 62.5 Å². The van der Waals surface area contributed by atoms with Crippen molar-refractivity contribution in [1.29, 1.82) is 0 Å². The third kappa shape index (κ3) is 12.9. The van der Waals surface area contributed by atoms with E-state index in [-0.39, 0.29) is 11.5 Å². The van der Waals surface area contributed by atoms with Gasteiger partial charge in [-0.1, -0.05) is 167 Å². The topological polar surface area (TPSA) is 89.9 Å². The van der Waals surface area contributed by atoms with Gasteiger partial charge in [-0.05, 0) is 110 Å². The number of aromatic hydroxyl groups is 2. The molecular weight excluding hydrogens is 785 g/mol. The number of allylic oxidation sites excluding steroid dienone is 12. The maximum absolute atomic E-state index is 10.7. The van der Waals surface area contributed by atoms with Gasteiger partial charge in [-0.3, -0.25) is 0 Å². The second kappa shape index (κ2) is 24.6. The summed E-state index contributed by atoms with van der Waals surface area (Å²) < 4.78 is 0. The number of phenolic OH excluding ortho intramolecular Hbond substituents is 2. The zero-order valence-corrected chi connectivity index (χ0v) is 38.9. The van der Waals surface area contributed by atoms with Gasteiger partial charge >= 0.3 is 0 Å². The third-order valence-electron chi connectivity index (χ3n) is 13.2. The average molecular weight is 857 g/mol. The fourth-order valence-electron chi connectivity index (χ4n) is 9.56. The van der Waals surface area contributed by atoms with Crippen LogP contribution in [0.1, 0.15) is 179 Å². The van der Waals surface area contributed by atoms with E-state index in [1.165, 1.54) is 128 Å². The summed E-state index contributed by atoms with van der Waals surface area (Å²) in [7, 11) is 0. The molecule has 7 rings (SSSR count). The van der Waals surface area contributed by atoms with Crippen LogP contribution in [0.25, 0.3) is 11.1 Å². The largest absolute Gasteiger partial charge is 0.508 e. The van der Waals surface area contributed by atoms with E-state index in [4.69, 9.17) is 20.0 Å². The number of hydrogen-bond donors (Lipinski definition) is 2. The SMILES string of the molecule is CCCCCCCCCCCCCC1=C2C=CC(=N2)C(c2cccc(O)c2)=C2C=CC(=N2)C(CCCCCCCCCCCCC)=C2C=CC(=N2)C(c2cccc(O)c2)=C2C=CC1=N2. The normalized spacial score (nSPS) is 16.5. The van der Waals surface area contributed by atoms with Crippen molar-refractivity contribution in [2.45, 2.75) is 168 Å². The van der Waals surface area contributed by atoms with Crippen LogP contribution in [0.15, 0.2) is 151 Å². The first-order valence-corrected chi connectivity index (χ1v) is 25.1. The Kier molecular flexibility index (Phi) is 17.9. The molecule has 0 unspecified atom stereocenters. The lowest BCUT2D eigenvalue weighted by Gasteiger charge is -2.12. The van der Waals surface area contributed by atoms with Gasteiger partial charge < -0.3 is 10.2 Å². The molecule has 2 N–H and O–H groups in total. The lowest BCUT2D eigenvalue weighted by Crippen LogP contribution is -2.04. The van der Waals surface area contributed by atoms with Crippen LogP contribution in [0.3, 0.4) is 0 Å². The highest BCUT2D eigenvalue weighted by Crippen LogP contribution is 2.37. The highest BCUT2D eigenvalue weighted by atomic mass is 16.3. The Bertz CT molecular complexity index is 2170. The predicted octanol–water partition coefficient (Wildman–Crippen LogP) is 16.2. The van der Waals surface area contributed by atoms with Gasteiger partial charge in [0.05, 0.1) is 45.6 Å². The number of aliphatic imine (C=N–C) groups is 4. The zero-order chi connectivity index (χ0) is 44.4. The van der Waals surface area contributed by atoms with Crippen LogP contribution >= 0.6 is 0 Å². The number of hydrogen-bond acceptors (Lipinski definition) is 6. The van der Waals surface area contributed by atoms with Crippen LogP contribution in [0.4, 0.5) is 0 Å². The first kappa shape index (κ1) is 46.6. The second-order valence-corrected chi connectivity index (χ2v) is 18.2. The summed E-state index contributed by atoms with van der Waals surface area (Å²) >= 11 is 0. The molecule has 0 fully saturated rings. The number of unbranched alkanes of at least 4 members (excludes halogenated alkanes) is 20. The zero-order valence-electron chi connectivity index (χ0n) is 38.9. The molecule has 0 saturated heterocycles. The van der Waals surface area contributed by atoms with Crippen LogP contribution < -0.4 is 0 Å². The van der Waals surface area contributed by atoms with E-state index in [0.29, 0.717) is 0 Å². The molecule has 0 aliphatic carbocycles. The summed E-state index contributed by atoms with van der Waals surface area (Å²) in [5.41, 5.74) is 12.8. The molecule has 5 heterocycles. The first-order chi connectivity index (χ1) is 31.5. The minimum atomic E-state index is 0.212. The fraction of sp³-hybridized carbons (Fsp3) is 0.448. The summed E-state index contributed by atoms with van der Waals surface area (Å²) in [4.78, 5) is 21.5. The van der Waals surface area contributed by atoms with Crippen LogP contribution in [-0.4, -0.2) is 33.1 Å². The summed E-state index contributed by atoms with van der Waals surface area (Å²) in [6.45, 7) is 4.56. The van der Waals surface area contributed by atoms with Gasteiger partial charge in [0, 0.05) is 22.3 Å². The van der Waals surface area contributed by atoms with Gasteiger partial charge in [0.1, 0.15) is 11.5 Å². The smallest absolute Gasteiger partial charge is 0.116 e. The lowest BCUT2D eigenvalue weighted by molar-refractivity contribution is 0.474. The molecule has 6 nitrogen and oxygen atoms in total. The molecule has 8 bridgehead atoms. The lowest BCUT2D eigenvalue weighted by atomic mass is 9.98. The second-order valence-electron chi connectivity index (χ2n) is 18.2. The van der Waals surface area contributed by atoms with Crippen molar-refractivity contribution in [2.24, 2.45) is 20.0 Å².